The Morgan fingerprint density at radius 2 is 2.18 bits per heavy atom. The van der Waals surface area contributed by atoms with Crippen LogP contribution in [0.5, 0.6) is 0 Å². The number of amides is 1. The molecule has 0 saturated heterocycles. The summed E-state index contributed by atoms with van der Waals surface area (Å²) in [6, 6.07) is 6.97. The zero-order valence-corrected chi connectivity index (χ0v) is 9.90. The van der Waals surface area contributed by atoms with Crippen molar-refractivity contribution in [3.05, 3.63) is 52.9 Å². The molecule has 2 aromatic rings. The Kier molecular flexibility index (Phi) is 3.35. The van der Waals surface area contributed by atoms with Crippen molar-refractivity contribution >= 4 is 23.3 Å². The lowest BCUT2D eigenvalue weighted by molar-refractivity contribution is 0.102. The predicted octanol–water partition coefficient (Wildman–Crippen LogP) is 2.69. The van der Waals surface area contributed by atoms with Gasteiger partial charge in [-0.25, -0.2) is 4.98 Å². The SMILES string of the molecule is Cc1cccc(NC(=O)c2ccncc2Cl)n1. The van der Waals surface area contributed by atoms with Gasteiger partial charge in [0.1, 0.15) is 5.82 Å². The van der Waals surface area contributed by atoms with Crippen molar-refractivity contribution in [3.8, 4) is 0 Å². The molecule has 2 aromatic heterocycles. The quantitative estimate of drug-likeness (QED) is 0.888. The fourth-order valence-electron chi connectivity index (χ4n) is 1.36. The number of hydrogen-bond acceptors (Lipinski definition) is 3. The van der Waals surface area contributed by atoms with E-state index in [9.17, 15) is 4.79 Å². The minimum atomic E-state index is -0.296. The van der Waals surface area contributed by atoms with E-state index in [2.05, 4.69) is 15.3 Å². The number of anilines is 1. The molecule has 0 radical (unpaired) electrons. The third kappa shape index (κ3) is 2.79. The third-order valence-corrected chi connectivity index (χ3v) is 2.45. The van der Waals surface area contributed by atoms with Gasteiger partial charge in [0.05, 0.1) is 10.6 Å². The second-order valence-electron chi connectivity index (χ2n) is 3.47. The van der Waals surface area contributed by atoms with Crippen LogP contribution in [0.4, 0.5) is 5.82 Å². The van der Waals surface area contributed by atoms with Gasteiger partial charge >= 0.3 is 0 Å². The molecule has 0 aliphatic heterocycles. The van der Waals surface area contributed by atoms with E-state index in [1.807, 2.05) is 19.1 Å². The van der Waals surface area contributed by atoms with Crippen molar-refractivity contribution in [2.75, 3.05) is 5.32 Å². The first-order chi connectivity index (χ1) is 8.16. The molecule has 1 amide bonds. The maximum Gasteiger partial charge on any atom is 0.258 e. The summed E-state index contributed by atoms with van der Waals surface area (Å²) in [6.45, 7) is 1.86. The number of aromatic nitrogens is 2. The van der Waals surface area contributed by atoms with Crippen LogP contribution in [-0.4, -0.2) is 15.9 Å². The lowest BCUT2D eigenvalue weighted by atomic mass is 10.2. The minimum absolute atomic E-state index is 0.296. The number of carbonyl (C=O) groups is 1. The minimum Gasteiger partial charge on any atom is -0.307 e. The second kappa shape index (κ2) is 4.93. The molecule has 0 bridgehead atoms. The Bertz CT molecular complexity index is 557. The maximum atomic E-state index is 11.9. The number of nitrogens with zero attached hydrogens (tertiary/aromatic N) is 2. The summed E-state index contributed by atoms with van der Waals surface area (Å²) in [7, 11) is 0. The maximum absolute atomic E-state index is 11.9. The first-order valence-corrected chi connectivity index (χ1v) is 5.39. The summed E-state index contributed by atoms with van der Waals surface area (Å²) >= 11 is 5.87. The average Bonchev–Trinajstić information content (AvgIpc) is 2.29. The highest BCUT2D eigenvalue weighted by molar-refractivity contribution is 6.34. The molecule has 2 heterocycles. The number of hydrogen-bond donors (Lipinski definition) is 1. The van der Waals surface area contributed by atoms with Gasteiger partial charge in [0.2, 0.25) is 0 Å². The van der Waals surface area contributed by atoms with Crippen LogP contribution < -0.4 is 5.32 Å². The van der Waals surface area contributed by atoms with Crippen LogP contribution in [0.25, 0.3) is 0 Å². The fraction of sp³-hybridized carbons (Fsp3) is 0.0833. The van der Waals surface area contributed by atoms with Crippen molar-refractivity contribution in [2.45, 2.75) is 6.92 Å². The van der Waals surface area contributed by atoms with Crippen molar-refractivity contribution in [2.24, 2.45) is 0 Å². The molecule has 0 fully saturated rings. The largest absolute Gasteiger partial charge is 0.307 e. The number of rotatable bonds is 2. The molecule has 0 unspecified atom stereocenters. The van der Waals surface area contributed by atoms with Crippen molar-refractivity contribution in [1.82, 2.24) is 9.97 Å². The van der Waals surface area contributed by atoms with Crippen LogP contribution in [0.1, 0.15) is 16.1 Å². The van der Waals surface area contributed by atoms with Crippen LogP contribution in [0.2, 0.25) is 5.02 Å². The highest BCUT2D eigenvalue weighted by Gasteiger charge is 2.10. The summed E-state index contributed by atoms with van der Waals surface area (Å²) in [5, 5.41) is 2.99. The van der Waals surface area contributed by atoms with Gasteiger partial charge in [-0.1, -0.05) is 17.7 Å². The van der Waals surface area contributed by atoms with Crippen molar-refractivity contribution in [1.29, 1.82) is 0 Å². The molecular weight excluding hydrogens is 238 g/mol. The van der Waals surface area contributed by atoms with Gasteiger partial charge in [-0.15, -0.1) is 0 Å². The highest BCUT2D eigenvalue weighted by atomic mass is 35.5. The highest BCUT2D eigenvalue weighted by Crippen LogP contribution is 2.15. The molecule has 4 nitrogen and oxygen atoms in total. The zero-order valence-electron chi connectivity index (χ0n) is 9.14. The second-order valence-corrected chi connectivity index (χ2v) is 3.88. The topological polar surface area (TPSA) is 54.9 Å². The Hall–Kier alpha value is -1.94. The van der Waals surface area contributed by atoms with Gasteiger partial charge in [-0.2, -0.15) is 0 Å². The smallest absolute Gasteiger partial charge is 0.258 e. The van der Waals surface area contributed by atoms with Gasteiger partial charge in [-0.3, -0.25) is 9.78 Å². The number of carbonyl (C=O) groups excluding carboxylic acids is 1. The number of aryl methyl sites for hydroxylation is 1. The van der Waals surface area contributed by atoms with E-state index >= 15 is 0 Å². The molecule has 0 saturated carbocycles. The van der Waals surface area contributed by atoms with Crippen LogP contribution >= 0.6 is 11.6 Å². The number of nitrogens with one attached hydrogen (secondary N) is 1. The molecule has 5 heteroatoms. The lowest BCUT2D eigenvalue weighted by Crippen LogP contribution is -2.13. The van der Waals surface area contributed by atoms with E-state index in [1.54, 1.807) is 12.1 Å². The normalized spacial score (nSPS) is 10.0. The monoisotopic (exact) mass is 247 g/mol. The summed E-state index contributed by atoms with van der Waals surface area (Å²) < 4.78 is 0. The summed E-state index contributed by atoms with van der Waals surface area (Å²) in [6.07, 6.45) is 2.95. The summed E-state index contributed by atoms with van der Waals surface area (Å²) in [5.74, 6) is 0.207. The Labute approximate surface area is 104 Å². The molecule has 1 N–H and O–H groups in total. The van der Waals surface area contributed by atoms with E-state index in [0.717, 1.165) is 5.69 Å². The van der Waals surface area contributed by atoms with Gasteiger partial charge < -0.3 is 5.32 Å². The average molecular weight is 248 g/mol. The Balaban J connectivity index is 2.20. The summed E-state index contributed by atoms with van der Waals surface area (Å²) in [4.78, 5) is 19.9. The number of pyridine rings is 2. The molecule has 17 heavy (non-hydrogen) atoms. The van der Waals surface area contributed by atoms with Gasteiger partial charge in [-0.05, 0) is 25.1 Å². The first-order valence-electron chi connectivity index (χ1n) is 5.01. The molecule has 0 aromatic carbocycles. The van der Waals surface area contributed by atoms with E-state index in [0.29, 0.717) is 16.4 Å². The standard InChI is InChI=1S/C12H10ClN3O/c1-8-3-2-4-11(15-8)16-12(17)9-5-6-14-7-10(9)13/h2-7H,1H3,(H,15,16,17). The predicted molar refractivity (Wildman–Crippen MR) is 66.2 cm³/mol. The van der Waals surface area contributed by atoms with E-state index < -0.39 is 0 Å². The Morgan fingerprint density at radius 3 is 2.88 bits per heavy atom. The fourth-order valence-corrected chi connectivity index (χ4v) is 1.56. The third-order valence-electron chi connectivity index (χ3n) is 2.15. The van der Waals surface area contributed by atoms with Gasteiger partial charge in [0, 0.05) is 18.1 Å². The van der Waals surface area contributed by atoms with Crippen LogP contribution in [0, 0.1) is 6.92 Å². The van der Waals surface area contributed by atoms with Gasteiger partial charge in [0.25, 0.3) is 5.91 Å². The molecule has 0 aliphatic rings. The first kappa shape index (κ1) is 11.5. The lowest BCUT2D eigenvalue weighted by Gasteiger charge is -2.05. The summed E-state index contributed by atoms with van der Waals surface area (Å²) in [5.41, 5.74) is 1.22. The van der Waals surface area contributed by atoms with Crippen molar-refractivity contribution in [3.63, 3.8) is 0 Å². The molecule has 0 atom stereocenters. The van der Waals surface area contributed by atoms with Crippen LogP contribution in [0.15, 0.2) is 36.7 Å². The van der Waals surface area contributed by atoms with Crippen LogP contribution in [0.3, 0.4) is 0 Å². The van der Waals surface area contributed by atoms with E-state index in [1.165, 1.54) is 12.4 Å². The van der Waals surface area contributed by atoms with E-state index in [-0.39, 0.29) is 5.91 Å². The Morgan fingerprint density at radius 1 is 1.35 bits per heavy atom. The van der Waals surface area contributed by atoms with E-state index in [4.69, 9.17) is 11.6 Å². The molecule has 0 aliphatic carbocycles. The molecule has 2 rings (SSSR count). The molecule has 0 spiro atoms. The molecular formula is C12H10ClN3O. The zero-order chi connectivity index (χ0) is 12.3. The number of halogens is 1. The van der Waals surface area contributed by atoms with Crippen molar-refractivity contribution < 1.29 is 4.79 Å². The van der Waals surface area contributed by atoms with Gasteiger partial charge in [0.15, 0.2) is 0 Å². The van der Waals surface area contributed by atoms with Crippen LogP contribution in [-0.2, 0) is 0 Å². The molecule has 86 valence electrons.